The number of rotatable bonds is 3. The number of carboxylic acids is 1. The lowest BCUT2D eigenvalue weighted by Crippen LogP contribution is -2.43. The molecule has 0 radical (unpaired) electrons. The second-order valence-corrected chi connectivity index (χ2v) is 7.57. The molecule has 3 unspecified atom stereocenters. The summed E-state index contributed by atoms with van der Waals surface area (Å²) >= 11 is 6.44. The van der Waals surface area contributed by atoms with Gasteiger partial charge in [-0.15, -0.1) is 0 Å². The molecule has 0 fully saturated rings. The van der Waals surface area contributed by atoms with Crippen LogP contribution in [0.15, 0.2) is 18.8 Å². The van der Waals surface area contributed by atoms with E-state index in [1.54, 1.807) is 6.92 Å². The fourth-order valence-electron chi connectivity index (χ4n) is 1.73. The van der Waals surface area contributed by atoms with Gasteiger partial charge in [0.15, 0.2) is 0 Å². The minimum Gasteiger partial charge on any atom is -0.481 e. The Balaban J connectivity index is 3.29. The fraction of sp³-hybridized carbons (Fsp3) is 0.545. The topological polar surface area (TPSA) is 57.5 Å². The molecule has 3 nitrogen and oxygen atoms in total. The van der Waals surface area contributed by atoms with Crippen LogP contribution in [-0.4, -0.2) is 25.7 Å². The van der Waals surface area contributed by atoms with Gasteiger partial charge in [-0.1, -0.05) is 29.5 Å². The first-order valence-corrected chi connectivity index (χ1v) is 8.52. The maximum atomic E-state index is 11.1. The third-order valence-corrected chi connectivity index (χ3v) is 6.89. The van der Waals surface area contributed by atoms with E-state index in [1.807, 2.05) is 13.0 Å². The summed E-state index contributed by atoms with van der Waals surface area (Å²) in [5, 5.41) is 19.8. The summed E-state index contributed by atoms with van der Waals surface area (Å²) < 4.78 is 1.61. The van der Waals surface area contributed by atoms with Crippen molar-refractivity contribution in [2.45, 2.75) is 29.8 Å². The van der Waals surface area contributed by atoms with Gasteiger partial charge in [-0.05, 0) is 70.2 Å². The Hall–Kier alpha value is 1.10. The molecule has 0 saturated carbocycles. The summed E-state index contributed by atoms with van der Waals surface area (Å²) in [5.74, 6) is -1.41. The molecule has 1 rings (SSSR count). The predicted molar refractivity (Wildman–Crippen MR) is 93.0 cm³/mol. The smallest absolute Gasteiger partial charge is 0.310 e. The van der Waals surface area contributed by atoms with Crippen LogP contribution >= 0.6 is 67.8 Å². The highest BCUT2D eigenvalue weighted by molar-refractivity contribution is 14.1. The molecule has 0 aromatic rings. The first kappa shape index (κ1) is 16.2. The molecule has 0 heterocycles. The van der Waals surface area contributed by atoms with E-state index in [9.17, 15) is 9.90 Å². The molecule has 17 heavy (non-hydrogen) atoms. The maximum absolute atomic E-state index is 11.1. The minimum atomic E-state index is -0.936. The lowest BCUT2D eigenvalue weighted by atomic mass is 9.82. The van der Waals surface area contributed by atoms with E-state index in [0.717, 1.165) is 12.7 Å². The molecule has 6 heteroatoms. The van der Waals surface area contributed by atoms with Gasteiger partial charge in [-0.2, -0.15) is 0 Å². The number of hydrogen-bond donors (Lipinski definition) is 2. The summed E-state index contributed by atoms with van der Waals surface area (Å²) in [6.45, 7) is 3.59. The Labute approximate surface area is 142 Å². The molecule has 1 aliphatic carbocycles. The molecule has 2 N–H and O–H groups in total. The number of hydrogen-bond acceptors (Lipinski definition) is 2. The lowest BCUT2D eigenvalue weighted by Gasteiger charge is -2.38. The lowest BCUT2D eigenvalue weighted by molar-refractivity contribution is -0.139. The number of carbonyl (C=O) groups is 1. The van der Waals surface area contributed by atoms with Gasteiger partial charge in [0.2, 0.25) is 0 Å². The summed E-state index contributed by atoms with van der Waals surface area (Å²) in [6, 6.07) is 0. The largest absolute Gasteiger partial charge is 0.481 e. The molecule has 0 aliphatic heterocycles. The van der Waals surface area contributed by atoms with E-state index in [1.165, 1.54) is 0 Å². The molecule has 0 saturated heterocycles. The average molecular weight is 574 g/mol. The molecule has 0 bridgehead atoms. The Morgan fingerprint density at radius 1 is 1.59 bits per heavy atom. The van der Waals surface area contributed by atoms with Crippen molar-refractivity contribution in [3.63, 3.8) is 0 Å². The zero-order valence-electron chi connectivity index (χ0n) is 9.38. The molecule has 96 valence electrons. The summed E-state index contributed by atoms with van der Waals surface area (Å²) in [5.41, 5.74) is -0.127. The van der Waals surface area contributed by atoms with Crippen LogP contribution in [0.1, 0.15) is 20.3 Å². The van der Waals surface area contributed by atoms with Crippen LogP contribution in [0.25, 0.3) is 0 Å². The quantitative estimate of drug-likeness (QED) is 0.400. The van der Waals surface area contributed by atoms with E-state index >= 15 is 0 Å². The summed E-state index contributed by atoms with van der Waals surface area (Å²) in [4.78, 5) is 11.1. The molecular formula is C11H13I3O3. The third-order valence-electron chi connectivity index (χ3n) is 3.01. The third kappa shape index (κ3) is 2.99. The fourth-order valence-corrected chi connectivity index (χ4v) is 7.26. The van der Waals surface area contributed by atoms with Gasteiger partial charge in [0.05, 0.1) is 9.84 Å². The highest BCUT2D eigenvalue weighted by Crippen LogP contribution is 2.46. The van der Waals surface area contributed by atoms with Crippen LogP contribution in [0.4, 0.5) is 0 Å². The number of allylic oxidation sites excluding steroid dienone is 2. The zero-order valence-corrected chi connectivity index (χ0v) is 15.8. The molecule has 0 amide bonds. The van der Waals surface area contributed by atoms with Crippen LogP contribution in [0, 0.1) is 5.92 Å². The van der Waals surface area contributed by atoms with Gasteiger partial charge in [0.25, 0.3) is 0 Å². The van der Waals surface area contributed by atoms with Crippen molar-refractivity contribution >= 4 is 73.7 Å². The van der Waals surface area contributed by atoms with Gasteiger partial charge in [-0.25, -0.2) is 0 Å². The van der Waals surface area contributed by atoms with Crippen molar-refractivity contribution in [1.82, 2.24) is 0 Å². The number of carboxylic acid groups (broad SMARTS) is 1. The maximum Gasteiger partial charge on any atom is 0.310 e. The van der Waals surface area contributed by atoms with E-state index < -0.39 is 17.5 Å². The van der Waals surface area contributed by atoms with Crippen molar-refractivity contribution in [2.24, 2.45) is 5.92 Å². The number of aliphatic carboxylic acids is 1. The van der Waals surface area contributed by atoms with Crippen LogP contribution in [0.2, 0.25) is 0 Å². The highest BCUT2D eigenvalue weighted by atomic mass is 127. The monoisotopic (exact) mass is 574 g/mol. The van der Waals surface area contributed by atoms with Crippen molar-refractivity contribution in [3.8, 4) is 0 Å². The van der Waals surface area contributed by atoms with Crippen LogP contribution < -0.4 is 0 Å². The van der Waals surface area contributed by atoms with Crippen molar-refractivity contribution in [3.05, 3.63) is 18.8 Å². The zero-order chi connectivity index (χ0) is 13.4. The molecular weight excluding hydrogens is 561 g/mol. The van der Waals surface area contributed by atoms with Crippen LogP contribution in [-0.2, 0) is 4.79 Å². The second kappa shape index (κ2) is 6.04. The van der Waals surface area contributed by atoms with E-state index in [4.69, 9.17) is 5.11 Å². The van der Waals surface area contributed by atoms with Gasteiger partial charge < -0.3 is 10.2 Å². The number of aliphatic hydroxyl groups is 1. The SMILES string of the molecule is CCC1(O)C(I)=CC(I)=C(C(C)C(=O)O)C1I. The van der Waals surface area contributed by atoms with E-state index in [2.05, 4.69) is 67.8 Å². The Bertz CT molecular complexity index is 403. The Morgan fingerprint density at radius 3 is 2.53 bits per heavy atom. The number of halogens is 3. The van der Waals surface area contributed by atoms with Gasteiger partial charge >= 0.3 is 5.97 Å². The van der Waals surface area contributed by atoms with Crippen LogP contribution in [0.3, 0.4) is 0 Å². The normalized spacial score (nSPS) is 31.2. The first-order chi connectivity index (χ1) is 7.75. The average Bonchev–Trinajstić information content (AvgIpc) is 2.25. The molecule has 0 spiro atoms. The Kier molecular flexibility index (Phi) is 5.74. The standard InChI is InChI=1S/C11H13I3O3/c1-3-11(17)7(13)4-6(12)8(9(11)14)5(2)10(15)16/h4-5,9,17H,3H2,1-2H3,(H,15,16). The highest BCUT2D eigenvalue weighted by Gasteiger charge is 2.44. The van der Waals surface area contributed by atoms with Gasteiger partial charge in [0, 0.05) is 7.16 Å². The molecule has 0 aromatic carbocycles. The van der Waals surface area contributed by atoms with Crippen LogP contribution in [0.5, 0.6) is 0 Å². The first-order valence-electron chi connectivity index (χ1n) is 5.12. The second-order valence-electron chi connectivity index (χ2n) is 4.00. The minimum absolute atomic E-state index is 0.194. The summed E-state index contributed by atoms with van der Waals surface area (Å²) in [6.07, 6.45) is 2.46. The van der Waals surface area contributed by atoms with Crippen molar-refractivity contribution < 1.29 is 15.0 Å². The molecule has 1 aliphatic rings. The summed E-state index contributed by atoms with van der Waals surface area (Å²) in [7, 11) is 0. The van der Waals surface area contributed by atoms with Crippen molar-refractivity contribution in [2.75, 3.05) is 0 Å². The van der Waals surface area contributed by atoms with E-state index in [0.29, 0.717) is 6.42 Å². The number of alkyl halides is 1. The van der Waals surface area contributed by atoms with E-state index in [-0.39, 0.29) is 3.92 Å². The molecule has 0 aromatic heterocycles. The van der Waals surface area contributed by atoms with Gasteiger partial charge in [0.1, 0.15) is 5.60 Å². The Morgan fingerprint density at radius 2 is 2.12 bits per heavy atom. The van der Waals surface area contributed by atoms with Crippen molar-refractivity contribution in [1.29, 1.82) is 0 Å². The molecule has 3 atom stereocenters. The predicted octanol–water partition coefficient (Wildman–Crippen LogP) is 3.67. The van der Waals surface area contributed by atoms with Gasteiger partial charge in [-0.3, -0.25) is 4.79 Å².